The maximum Gasteiger partial charge on any atom is 0.247 e. The zero-order chi connectivity index (χ0) is 27.0. The van der Waals surface area contributed by atoms with Gasteiger partial charge in [0, 0.05) is 33.4 Å². The van der Waals surface area contributed by atoms with Crippen molar-refractivity contribution in [3.05, 3.63) is 106 Å². The van der Waals surface area contributed by atoms with Crippen molar-refractivity contribution >= 4 is 46.9 Å². The summed E-state index contributed by atoms with van der Waals surface area (Å²) >= 11 is 0. The first-order valence-corrected chi connectivity index (χ1v) is 13.0. The molecule has 0 fully saturated rings. The van der Waals surface area contributed by atoms with Gasteiger partial charge in [-0.3, -0.25) is 10.9 Å². The second-order valence-corrected chi connectivity index (χ2v) is 10.8. The molecule has 8 rings (SSSR count). The highest BCUT2D eigenvalue weighted by atomic mass is 15.5. The van der Waals surface area contributed by atoms with Crippen LogP contribution in [0.3, 0.4) is 0 Å². The number of guanidine groups is 2. The molecule has 10 heteroatoms. The minimum Gasteiger partial charge on any atom is -0.265 e. The van der Waals surface area contributed by atoms with E-state index in [0.717, 1.165) is 33.4 Å². The van der Waals surface area contributed by atoms with E-state index in [0.29, 0.717) is 46.9 Å². The van der Waals surface area contributed by atoms with E-state index < -0.39 is 0 Å². The standard InChI is InChI=1S/C30H22N10/c1-30(2,3)15-12-13-20-21(14-15)27-34-23-17-9-5-7-11-19(17)26(33-23)37-29-38-28(39-40-29)36-25-18-10-6-4-8-16(18)22(32-25)31-24(20)35-27/h4-14H,1-3H3,(H2,31,32,33,34,35,36,37,38,39,40). The number of nitrogens with one attached hydrogen (secondary N) is 2. The minimum atomic E-state index is -0.0504. The number of amidine groups is 6. The first kappa shape index (κ1) is 22.6. The Morgan fingerprint density at radius 3 is 1.32 bits per heavy atom. The van der Waals surface area contributed by atoms with Crippen molar-refractivity contribution in [3.63, 3.8) is 0 Å². The van der Waals surface area contributed by atoms with Gasteiger partial charge < -0.3 is 0 Å². The topological polar surface area (TPSA) is 123 Å². The van der Waals surface area contributed by atoms with Gasteiger partial charge in [0.05, 0.1) is 0 Å². The van der Waals surface area contributed by atoms with E-state index in [4.69, 9.17) is 25.0 Å². The highest BCUT2D eigenvalue weighted by Gasteiger charge is 2.30. The summed E-state index contributed by atoms with van der Waals surface area (Å²) in [6.07, 6.45) is 0. The first-order valence-electron chi connectivity index (χ1n) is 13.0. The molecule has 0 radical (unpaired) electrons. The molecular formula is C30H22N10. The third-order valence-electron chi connectivity index (χ3n) is 7.17. The number of fused-ring (bicyclic) bond motifs is 13. The summed E-state index contributed by atoms with van der Waals surface area (Å²) in [5.41, 5.74) is 12.4. The van der Waals surface area contributed by atoms with Crippen molar-refractivity contribution in [2.75, 3.05) is 0 Å². The Hall–Kier alpha value is -5.38. The van der Waals surface area contributed by atoms with Crippen molar-refractivity contribution in [1.29, 1.82) is 0 Å². The van der Waals surface area contributed by atoms with Crippen molar-refractivity contribution in [3.8, 4) is 0 Å². The third kappa shape index (κ3) is 3.49. The molecule has 10 nitrogen and oxygen atoms in total. The first-order chi connectivity index (χ1) is 19.4. The van der Waals surface area contributed by atoms with E-state index in [9.17, 15) is 0 Å². The summed E-state index contributed by atoms with van der Waals surface area (Å²) in [5.74, 6) is 3.87. The highest BCUT2D eigenvalue weighted by Crippen LogP contribution is 2.31. The zero-order valence-electron chi connectivity index (χ0n) is 21.9. The SMILES string of the molecule is CC(C)(C)c1ccc2c(c1)C1=NC2=NC2=NC(=NC3=NC(=NC4=NC(=N1)c1ccccc14)NN3)c1ccccc12. The van der Waals surface area contributed by atoms with Crippen molar-refractivity contribution < 1.29 is 0 Å². The van der Waals surface area contributed by atoms with Crippen LogP contribution in [0.2, 0.25) is 0 Å². The molecule has 0 saturated heterocycles. The molecule has 3 aromatic rings. The van der Waals surface area contributed by atoms with E-state index >= 15 is 0 Å². The Morgan fingerprint density at radius 2 is 0.825 bits per heavy atom. The van der Waals surface area contributed by atoms with Gasteiger partial charge in [-0.15, -0.1) is 0 Å². The van der Waals surface area contributed by atoms with Crippen molar-refractivity contribution in [2.24, 2.45) is 39.9 Å². The van der Waals surface area contributed by atoms with E-state index in [2.05, 4.69) is 64.8 Å². The molecule has 2 N–H and O–H groups in total. The fourth-order valence-corrected chi connectivity index (χ4v) is 5.09. The van der Waals surface area contributed by atoms with Crippen LogP contribution in [-0.4, -0.2) is 46.9 Å². The van der Waals surface area contributed by atoms with E-state index in [1.165, 1.54) is 5.56 Å². The number of hydrazine groups is 1. The van der Waals surface area contributed by atoms with Gasteiger partial charge in [-0.05, 0) is 17.0 Å². The molecule has 192 valence electrons. The predicted octanol–water partition coefficient (Wildman–Crippen LogP) is 3.74. The van der Waals surface area contributed by atoms with Crippen LogP contribution in [0.5, 0.6) is 0 Å². The van der Waals surface area contributed by atoms with Crippen molar-refractivity contribution in [2.45, 2.75) is 26.2 Å². The lowest BCUT2D eigenvalue weighted by Gasteiger charge is -2.19. The number of nitrogens with zero attached hydrogens (tertiary/aromatic N) is 8. The highest BCUT2D eigenvalue weighted by molar-refractivity contribution is 6.33. The van der Waals surface area contributed by atoms with Gasteiger partial charge in [-0.1, -0.05) is 81.4 Å². The van der Waals surface area contributed by atoms with Gasteiger partial charge in [-0.2, -0.15) is 15.0 Å². The Labute approximate surface area is 229 Å². The number of aliphatic imine (C=N–C) groups is 8. The summed E-state index contributed by atoms with van der Waals surface area (Å²) in [6, 6.07) is 22.1. The molecule has 40 heavy (non-hydrogen) atoms. The summed E-state index contributed by atoms with van der Waals surface area (Å²) in [4.78, 5) is 38.3. The molecule has 3 aromatic carbocycles. The molecule has 5 heterocycles. The van der Waals surface area contributed by atoms with Gasteiger partial charge in [-0.25, -0.2) is 25.0 Å². The molecule has 0 amide bonds. The van der Waals surface area contributed by atoms with Crippen LogP contribution in [0, 0.1) is 0 Å². The summed E-state index contributed by atoms with van der Waals surface area (Å²) in [5, 5.41) is 0. The molecule has 0 saturated carbocycles. The van der Waals surface area contributed by atoms with Gasteiger partial charge in [0.15, 0.2) is 35.0 Å². The Balaban J connectivity index is 1.40. The number of benzene rings is 3. The second-order valence-electron chi connectivity index (χ2n) is 10.8. The molecule has 5 aliphatic rings. The van der Waals surface area contributed by atoms with Crippen LogP contribution < -0.4 is 10.9 Å². The molecule has 0 atom stereocenters. The third-order valence-corrected chi connectivity index (χ3v) is 7.17. The number of rotatable bonds is 0. The van der Waals surface area contributed by atoms with Crippen LogP contribution in [0.1, 0.15) is 59.7 Å². The van der Waals surface area contributed by atoms with Gasteiger partial charge in [0.2, 0.25) is 11.9 Å². The van der Waals surface area contributed by atoms with Crippen LogP contribution in [0.4, 0.5) is 0 Å². The molecule has 0 aliphatic carbocycles. The number of hydrogen-bond donors (Lipinski definition) is 2. The Morgan fingerprint density at radius 1 is 0.425 bits per heavy atom. The zero-order valence-corrected chi connectivity index (χ0v) is 21.9. The molecule has 5 aliphatic heterocycles. The van der Waals surface area contributed by atoms with Crippen molar-refractivity contribution in [1.82, 2.24) is 10.9 Å². The molecule has 0 unspecified atom stereocenters. The fraction of sp³-hybridized carbons (Fsp3) is 0.133. The fourth-order valence-electron chi connectivity index (χ4n) is 5.09. The van der Waals surface area contributed by atoms with Crippen LogP contribution in [-0.2, 0) is 5.41 Å². The normalized spacial score (nSPS) is 18.0. The Kier molecular flexibility index (Phi) is 4.55. The van der Waals surface area contributed by atoms with Crippen LogP contribution >= 0.6 is 0 Å². The summed E-state index contributed by atoms with van der Waals surface area (Å²) < 4.78 is 0. The summed E-state index contributed by atoms with van der Waals surface area (Å²) in [6.45, 7) is 6.57. The van der Waals surface area contributed by atoms with Gasteiger partial charge >= 0.3 is 0 Å². The lowest BCUT2D eigenvalue weighted by atomic mass is 9.85. The Bertz CT molecular complexity index is 1930. The largest absolute Gasteiger partial charge is 0.265 e. The lowest BCUT2D eigenvalue weighted by Crippen LogP contribution is -2.32. The maximum absolute atomic E-state index is 4.99. The van der Waals surface area contributed by atoms with Gasteiger partial charge in [0.25, 0.3) is 0 Å². The monoisotopic (exact) mass is 522 g/mol. The van der Waals surface area contributed by atoms with E-state index in [1.807, 2.05) is 48.5 Å². The van der Waals surface area contributed by atoms with Gasteiger partial charge in [0.1, 0.15) is 0 Å². The predicted molar refractivity (Wildman–Crippen MR) is 158 cm³/mol. The smallest absolute Gasteiger partial charge is 0.247 e. The molecule has 0 spiro atoms. The molecule has 0 aromatic heterocycles. The van der Waals surface area contributed by atoms with E-state index in [-0.39, 0.29) is 5.41 Å². The lowest BCUT2D eigenvalue weighted by molar-refractivity contribution is 0.590. The molecule has 8 bridgehead atoms. The maximum atomic E-state index is 4.99. The minimum absolute atomic E-state index is 0.0504. The average molecular weight is 523 g/mol. The quantitative estimate of drug-likeness (QED) is 0.467. The molecular weight excluding hydrogens is 500 g/mol. The summed E-state index contributed by atoms with van der Waals surface area (Å²) in [7, 11) is 0. The van der Waals surface area contributed by atoms with Crippen LogP contribution in [0.25, 0.3) is 0 Å². The van der Waals surface area contributed by atoms with E-state index in [1.54, 1.807) is 0 Å². The van der Waals surface area contributed by atoms with Crippen LogP contribution in [0.15, 0.2) is 107 Å². The second kappa shape index (κ2) is 8.06. The average Bonchev–Trinajstić information content (AvgIpc) is 3.70. The number of hydrogen-bond acceptors (Lipinski definition) is 10.